The SMILES string of the molecule is CCCCCOC(=O)C1C(C)=NC2=C(C(=O)CC(C)(C)C2)[C@@H]1c1ccc(N(CC)CC)cc1. The Hall–Kier alpha value is -2.43. The van der Waals surface area contributed by atoms with Crippen LogP contribution in [-0.2, 0) is 14.3 Å². The number of nitrogens with zero attached hydrogens (tertiary/aromatic N) is 2. The molecule has 0 aromatic heterocycles. The zero-order chi connectivity index (χ0) is 24.2. The number of ketones is 1. The van der Waals surface area contributed by atoms with Crippen molar-refractivity contribution in [3.05, 3.63) is 41.1 Å². The second-order valence-electron chi connectivity index (χ2n) is 10.1. The molecule has 1 heterocycles. The third-order valence-electron chi connectivity index (χ3n) is 6.93. The minimum Gasteiger partial charge on any atom is -0.465 e. The predicted molar refractivity (Wildman–Crippen MR) is 135 cm³/mol. The first-order valence-electron chi connectivity index (χ1n) is 12.5. The Morgan fingerprint density at radius 2 is 1.76 bits per heavy atom. The Kier molecular flexibility index (Phi) is 8.14. The molecule has 0 fully saturated rings. The van der Waals surface area contributed by atoms with E-state index in [0.717, 1.165) is 61.4 Å². The molecule has 0 spiro atoms. The van der Waals surface area contributed by atoms with E-state index in [-0.39, 0.29) is 23.1 Å². The largest absolute Gasteiger partial charge is 0.465 e. The van der Waals surface area contributed by atoms with Crippen LogP contribution in [0.15, 0.2) is 40.5 Å². The van der Waals surface area contributed by atoms with E-state index >= 15 is 0 Å². The van der Waals surface area contributed by atoms with Crippen molar-refractivity contribution < 1.29 is 14.3 Å². The third kappa shape index (κ3) is 5.56. The van der Waals surface area contributed by atoms with Crippen LogP contribution in [0.2, 0.25) is 0 Å². The van der Waals surface area contributed by atoms with Gasteiger partial charge in [-0.05, 0) is 56.7 Å². The molecular weight excluding hydrogens is 412 g/mol. The number of allylic oxidation sites excluding steroid dienone is 2. The minimum absolute atomic E-state index is 0.110. The first kappa shape index (κ1) is 25.2. The molecule has 0 bridgehead atoms. The van der Waals surface area contributed by atoms with E-state index in [0.29, 0.717) is 18.6 Å². The number of hydrogen-bond donors (Lipinski definition) is 0. The molecule has 180 valence electrons. The molecule has 0 saturated heterocycles. The summed E-state index contributed by atoms with van der Waals surface area (Å²) in [5.41, 5.74) is 4.32. The highest BCUT2D eigenvalue weighted by Crippen LogP contribution is 2.48. The van der Waals surface area contributed by atoms with Gasteiger partial charge in [0.25, 0.3) is 0 Å². The lowest BCUT2D eigenvalue weighted by molar-refractivity contribution is -0.146. The van der Waals surface area contributed by atoms with Crippen LogP contribution in [0.1, 0.15) is 85.1 Å². The van der Waals surface area contributed by atoms with Gasteiger partial charge in [0.1, 0.15) is 5.92 Å². The molecule has 1 aliphatic carbocycles. The Morgan fingerprint density at radius 3 is 2.36 bits per heavy atom. The lowest BCUT2D eigenvalue weighted by Gasteiger charge is -2.39. The van der Waals surface area contributed by atoms with Crippen molar-refractivity contribution in [1.29, 1.82) is 0 Å². The van der Waals surface area contributed by atoms with Gasteiger partial charge in [-0.3, -0.25) is 14.6 Å². The van der Waals surface area contributed by atoms with E-state index in [9.17, 15) is 9.59 Å². The highest BCUT2D eigenvalue weighted by molar-refractivity contribution is 6.09. The van der Waals surface area contributed by atoms with Crippen molar-refractivity contribution in [2.24, 2.45) is 16.3 Å². The molecule has 2 atom stereocenters. The normalized spacial score (nSPS) is 22.0. The van der Waals surface area contributed by atoms with Crippen LogP contribution in [0.3, 0.4) is 0 Å². The number of aliphatic imine (C=N–C) groups is 1. The molecule has 1 aromatic rings. The topological polar surface area (TPSA) is 59.0 Å². The number of Topliss-reactive ketones (excluding diaryl/α,β-unsaturated/α-hetero) is 1. The maximum Gasteiger partial charge on any atom is 0.315 e. The highest BCUT2D eigenvalue weighted by Gasteiger charge is 2.46. The van der Waals surface area contributed by atoms with Crippen molar-refractivity contribution in [3.63, 3.8) is 0 Å². The van der Waals surface area contributed by atoms with Crippen molar-refractivity contribution in [1.82, 2.24) is 0 Å². The fraction of sp³-hybridized carbons (Fsp3) is 0.607. The van der Waals surface area contributed by atoms with Gasteiger partial charge < -0.3 is 9.64 Å². The number of anilines is 1. The van der Waals surface area contributed by atoms with Gasteiger partial charge in [0.05, 0.1) is 6.61 Å². The van der Waals surface area contributed by atoms with E-state index in [4.69, 9.17) is 9.73 Å². The smallest absolute Gasteiger partial charge is 0.315 e. The zero-order valence-corrected chi connectivity index (χ0v) is 21.2. The Labute approximate surface area is 199 Å². The summed E-state index contributed by atoms with van der Waals surface area (Å²) in [4.78, 5) is 33.8. The molecule has 5 nitrogen and oxygen atoms in total. The van der Waals surface area contributed by atoms with Crippen LogP contribution >= 0.6 is 0 Å². The molecule has 1 unspecified atom stereocenters. The second-order valence-corrected chi connectivity index (χ2v) is 10.1. The summed E-state index contributed by atoms with van der Waals surface area (Å²) in [5.74, 6) is -1.06. The van der Waals surface area contributed by atoms with Crippen LogP contribution in [0.5, 0.6) is 0 Å². The van der Waals surface area contributed by atoms with Crippen LogP contribution in [-0.4, -0.2) is 37.2 Å². The molecule has 33 heavy (non-hydrogen) atoms. The number of unbranched alkanes of at least 4 members (excludes halogenated alkanes) is 2. The number of ether oxygens (including phenoxy) is 1. The van der Waals surface area contributed by atoms with E-state index in [2.05, 4.69) is 63.8 Å². The summed E-state index contributed by atoms with van der Waals surface area (Å²) in [6.45, 7) is 14.8. The fourth-order valence-corrected chi connectivity index (χ4v) is 5.21. The molecule has 0 N–H and O–H groups in total. The minimum atomic E-state index is -0.560. The lowest BCUT2D eigenvalue weighted by atomic mass is 9.67. The Bertz CT molecular complexity index is 923. The summed E-state index contributed by atoms with van der Waals surface area (Å²) >= 11 is 0. The first-order chi connectivity index (χ1) is 15.7. The van der Waals surface area contributed by atoms with Crippen molar-refractivity contribution >= 4 is 23.2 Å². The quantitative estimate of drug-likeness (QED) is 0.336. The van der Waals surface area contributed by atoms with Gasteiger partial charge in [-0.1, -0.05) is 45.7 Å². The molecule has 0 saturated carbocycles. The van der Waals surface area contributed by atoms with E-state index in [1.807, 2.05) is 6.92 Å². The second kappa shape index (κ2) is 10.7. The monoisotopic (exact) mass is 452 g/mol. The van der Waals surface area contributed by atoms with Gasteiger partial charge in [-0.25, -0.2) is 0 Å². The fourth-order valence-electron chi connectivity index (χ4n) is 5.21. The molecule has 1 aromatic carbocycles. The first-order valence-corrected chi connectivity index (χ1v) is 12.5. The number of benzene rings is 1. The number of rotatable bonds is 9. The maximum atomic E-state index is 13.4. The number of carbonyl (C=O) groups is 2. The molecule has 3 rings (SSSR count). The zero-order valence-electron chi connectivity index (χ0n) is 21.2. The molecule has 0 radical (unpaired) electrons. The molecule has 2 aliphatic rings. The Balaban J connectivity index is 2.01. The molecular formula is C28H40N2O3. The van der Waals surface area contributed by atoms with Crippen LogP contribution in [0.25, 0.3) is 0 Å². The Morgan fingerprint density at radius 1 is 1.09 bits per heavy atom. The predicted octanol–water partition coefficient (Wildman–Crippen LogP) is 6.08. The number of esters is 1. The average molecular weight is 453 g/mol. The van der Waals surface area contributed by atoms with Gasteiger partial charge in [-0.2, -0.15) is 0 Å². The van der Waals surface area contributed by atoms with Gasteiger partial charge >= 0.3 is 5.97 Å². The summed E-state index contributed by atoms with van der Waals surface area (Å²) in [5, 5.41) is 0. The standard InChI is InChI=1S/C28H40N2O3/c1-7-10-11-16-33-27(32)24-19(4)29-22-17-28(5,6)18-23(31)26(22)25(24)20-12-14-21(15-13-20)30(8-2)9-3/h12-15,24-25H,7-11,16-18H2,1-6H3/t24?,25-/m1/s1. The molecule has 0 amide bonds. The third-order valence-corrected chi connectivity index (χ3v) is 6.93. The van der Waals surface area contributed by atoms with E-state index in [1.165, 1.54) is 0 Å². The highest BCUT2D eigenvalue weighted by atomic mass is 16.5. The van der Waals surface area contributed by atoms with E-state index < -0.39 is 5.92 Å². The van der Waals surface area contributed by atoms with Crippen LogP contribution < -0.4 is 4.90 Å². The van der Waals surface area contributed by atoms with Gasteiger partial charge in [0, 0.05) is 48.1 Å². The number of hydrogen-bond acceptors (Lipinski definition) is 5. The maximum absolute atomic E-state index is 13.4. The van der Waals surface area contributed by atoms with Crippen LogP contribution in [0, 0.1) is 11.3 Å². The summed E-state index contributed by atoms with van der Waals surface area (Å²) in [6.07, 6.45) is 4.19. The van der Waals surface area contributed by atoms with Crippen molar-refractivity contribution in [2.45, 2.75) is 79.6 Å². The lowest BCUT2D eigenvalue weighted by Crippen LogP contribution is -2.39. The van der Waals surface area contributed by atoms with Gasteiger partial charge in [0.2, 0.25) is 0 Å². The summed E-state index contributed by atoms with van der Waals surface area (Å²) in [6, 6.07) is 8.35. The van der Waals surface area contributed by atoms with Gasteiger partial charge in [0.15, 0.2) is 5.78 Å². The number of carbonyl (C=O) groups excluding carboxylic acids is 2. The van der Waals surface area contributed by atoms with Gasteiger partial charge in [-0.15, -0.1) is 0 Å². The molecule has 1 aliphatic heterocycles. The van der Waals surface area contributed by atoms with Crippen LogP contribution in [0.4, 0.5) is 5.69 Å². The summed E-state index contributed by atoms with van der Waals surface area (Å²) in [7, 11) is 0. The summed E-state index contributed by atoms with van der Waals surface area (Å²) < 4.78 is 5.70. The van der Waals surface area contributed by atoms with Crippen molar-refractivity contribution in [2.75, 3.05) is 24.6 Å². The average Bonchev–Trinajstić information content (AvgIpc) is 2.76. The van der Waals surface area contributed by atoms with Crippen molar-refractivity contribution in [3.8, 4) is 0 Å². The molecule has 5 heteroatoms. The van der Waals surface area contributed by atoms with E-state index in [1.54, 1.807) is 0 Å².